The summed E-state index contributed by atoms with van der Waals surface area (Å²) in [7, 11) is 1.43. The second-order valence-electron chi connectivity index (χ2n) is 0.224. The predicted octanol–water partition coefficient (Wildman–Crippen LogP) is -0.407. The van der Waals surface area contributed by atoms with Crippen LogP contribution in [0.4, 0.5) is 0 Å². The fourth-order valence-electron chi connectivity index (χ4n) is 0. The van der Waals surface area contributed by atoms with Crippen LogP contribution in [0.15, 0.2) is 0 Å². The van der Waals surface area contributed by atoms with Gasteiger partial charge in [-0.2, -0.15) is 0 Å². The molecule has 4 heavy (non-hydrogen) atoms. The minimum Gasteiger partial charge on any atom is -0.317 e. The Bertz CT molecular complexity index is 8.00. The molecule has 0 heterocycles. The molecule has 0 aliphatic heterocycles. The van der Waals surface area contributed by atoms with E-state index in [2.05, 4.69) is 0 Å². The van der Waals surface area contributed by atoms with E-state index in [1.54, 1.807) is 5.48 Å². The van der Waals surface area contributed by atoms with Crippen LogP contribution in [0.25, 0.3) is 0 Å². The van der Waals surface area contributed by atoms with Crippen LogP contribution in [0.1, 0.15) is 0 Å². The van der Waals surface area contributed by atoms with E-state index in [9.17, 15) is 0 Å². The van der Waals surface area contributed by atoms with Crippen LogP contribution in [-0.2, 0) is 17.1 Å². The molecule has 0 spiro atoms. The van der Waals surface area contributed by atoms with Crippen LogP contribution in [0.5, 0.6) is 0 Å². The largest absolute Gasteiger partial charge is 0.317 e. The van der Waals surface area contributed by atoms with Gasteiger partial charge in [-0.3, -0.25) is 0 Å². The maximum atomic E-state index is 7.32. The first-order chi connectivity index (χ1) is 1.41. The van der Waals surface area contributed by atoms with Gasteiger partial charge in [0, 0.05) is 24.1 Å². The number of rotatable bonds is 0. The number of hydroxylamine groups is 1. The number of hydrogen-bond acceptors (Lipinski definition) is 2. The molecule has 2 nitrogen and oxygen atoms in total. The van der Waals surface area contributed by atoms with Gasteiger partial charge in [0.2, 0.25) is 0 Å². The monoisotopic (exact) mass is 110 g/mol. The van der Waals surface area contributed by atoms with Crippen molar-refractivity contribution in [3.63, 3.8) is 0 Å². The van der Waals surface area contributed by atoms with Crippen molar-refractivity contribution in [1.82, 2.24) is 5.48 Å². The standard InChI is InChI=1S/CH5NO.Cu/c1-2-3;/h2-3H,1H3;. The summed E-state index contributed by atoms with van der Waals surface area (Å²) in [5, 5.41) is 7.32. The fourth-order valence-corrected chi connectivity index (χ4v) is 0. The Kier molecular flexibility index (Phi) is 21.8. The third-order valence-electron chi connectivity index (χ3n) is 0. The van der Waals surface area contributed by atoms with Crippen molar-refractivity contribution in [2.45, 2.75) is 0 Å². The maximum absolute atomic E-state index is 7.32. The van der Waals surface area contributed by atoms with Crippen LogP contribution < -0.4 is 5.48 Å². The molecule has 31 valence electrons. The Labute approximate surface area is 35.6 Å². The van der Waals surface area contributed by atoms with Crippen molar-refractivity contribution in [1.29, 1.82) is 0 Å². The van der Waals surface area contributed by atoms with E-state index in [0.717, 1.165) is 0 Å². The molecule has 0 unspecified atom stereocenters. The average Bonchev–Trinajstić information content (AvgIpc) is 0.918. The van der Waals surface area contributed by atoms with Crippen molar-refractivity contribution in [2.75, 3.05) is 7.05 Å². The van der Waals surface area contributed by atoms with E-state index < -0.39 is 0 Å². The summed E-state index contributed by atoms with van der Waals surface area (Å²) in [6.07, 6.45) is 0. The van der Waals surface area contributed by atoms with Crippen LogP contribution >= 0.6 is 0 Å². The third-order valence-corrected chi connectivity index (χ3v) is 0. The molecule has 1 radical (unpaired) electrons. The second kappa shape index (κ2) is 9.88. The van der Waals surface area contributed by atoms with Crippen LogP contribution in [0.2, 0.25) is 0 Å². The zero-order valence-electron chi connectivity index (χ0n) is 2.25. The molecule has 3 heteroatoms. The summed E-state index contributed by atoms with van der Waals surface area (Å²) in [4.78, 5) is 0. The van der Waals surface area contributed by atoms with Gasteiger partial charge in [0.1, 0.15) is 0 Å². The van der Waals surface area contributed by atoms with E-state index in [0.29, 0.717) is 0 Å². The molecule has 0 aromatic heterocycles. The van der Waals surface area contributed by atoms with E-state index in [1.165, 1.54) is 7.05 Å². The van der Waals surface area contributed by atoms with Crippen LogP contribution in [0, 0.1) is 0 Å². The fraction of sp³-hybridized carbons (Fsp3) is 1.00. The number of nitrogens with one attached hydrogen (secondary N) is 1. The Morgan fingerprint density at radius 1 is 1.75 bits per heavy atom. The Hall–Kier alpha value is 0.439. The summed E-state index contributed by atoms with van der Waals surface area (Å²) in [5.74, 6) is 0. The van der Waals surface area contributed by atoms with Crippen molar-refractivity contribution < 1.29 is 22.3 Å². The van der Waals surface area contributed by atoms with Crippen molar-refractivity contribution in [3.05, 3.63) is 0 Å². The van der Waals surface area contributed by atoms with Crippen molar-refractivity contribution in [3.8, 4) is 0 Å². The zero-order chi connectivity index (χ0) is 2.71. The Morgan fingerprint density at radius 3 is 1.75 bits per heavy atom. The van der Waals surface area contributed by atoms with Crippen LogP contribution in [-0.4, -0.2) is 12.3 Å². The van der Waals surface area contributed by atoms with Crippen LogP contribution in [0.3, 0.4) is 0 Å². The Balaban J connectivity index is 0. The molecule has 0 aromatic rings. The second-order valence-corrected chi connectivity index (χ2v) is 0.224. The van der Waals surface area contributed by atoms with Crippen molar-refractivity contribution >= 4 is 0 Å². The zero-order valence-corrected chi connectivity index (χ0v) is 3.19. The van der Waals surface area contributed by atoms with E-state index in [1.807, 2.05) is 0 Å². The summed E-state index contributed by atoms with van der Waals surface area (Å²) < 4.78 is 0. The molecular weight excluding hydrogens is 106 g/mol. The summed E-state index contributed by atoms with van der Waals surface area (Å²) in [5.41, 5.74) is 1.75. The maximum Gasteiger partial charge on any atom is 0.00929 e. The first-order valence-corrected chi connectivity index (χ1v) is 0.724. The summed E-state index contributed by atoms with van der Waals surface area (Å²) >= 11 is 0. The molecule has 0 rings (SSSR count). The molecular formula is CH5CuNO. The van der Waals surface area contributed by atoms with Gasteiger partial charge in [-0.15, -0.1) is 0 Å². The van der Waals surface area contributed by atoms with Gasteiger partial charge < -0.3 is 5.21 Å². The molecule has 0 aliphatic rings. The minimum absolute atomic E-state index is 0. The molecule has 0 atom stereocenters. The van der Waals surface area contributed by atoms with Crippen molar-refractivity contribution in [2.24, 2.45) is 0 Å². The number of hydrogen-bond donors (Lipinski definition) is 2. The smallest absolute Gasteiger partial charge is 0.00929 e. The first kappa shape index (κ1) is 8.83. The molecule has 0 aromatic carbocycles. The van der Waals surface area contributed by atoms with E-state index in [4.69, 9.17) is 5.21 Å². The van der Waals surface area contributed by atoms with Gasteiger partial charge in [-0.05, 0) is 0 Å². The summed E-state index contributed by atoms with van der Waals surface area (Å²) in [6.45, 7) is 0. The van der Waals surface area contributed by atoms with Gasteiger partial charge >= 0.3 is 0 Å². The molecule has 0 saturated carbocycles. The third kappa shape index (κ3) is 26.2. The molecule has 0 amide bonds. The molecule has 0 bridgehead atoms. The topological polar surface area (TPSA) is 32.3 Å². The minimum atomic E-state index is 0. The average molecular weight is 111 g/mol. The molecule has 2 N–H and O–H groups in total. The van der Waals surface area contributed by atoms with Gasteiger partial charge in [0.15, 0.2) is 0 Å². The van der Waals surface area contributed by atoms with Gasteiger partial charge in [0.25, 0.3) is 0 Å². The van der Waals surface area contributed by atoms with E-state index >= 15 is 0 Å². The quantitative estimate of drug-likeness (QED) is 0.328. The van der Waals surface area contributed by atoms with E-state index in [-0.39, 0.29) is 17.1 Å². The molecule has 0 aliphatic carbocycles. The SMILES string of the molecule is CNO.[Cu]. The van der Waals surface area contributed by atoms with Gasteiger partial charge in [-0.25, -0.2) is 5.48 Å². The van der Waals surface area contributed by atoms with Gasteiger partial charge in [0.05, 0.1) is 0 Å². The Morgan fingerprint density at radius 2 is 1.75 bits per heavy atom. The first-order valence-electron chi connectivity index (χ1n) is 0.724. The predicted molar refractivity (Wildman–Crippen MR) is 10.8 cm³/mol. The molecule has 0 fully saturated rings. The summed E-state index contributed by atoms with van der Waals surface area (Å²) in [6, 6.07) is 0. The molecule has 0 saturated heterocycles. The normalized spacial score (nSPS) is 4.50. The van der Waals surface area contributed by atoms with Gasteiger partial charge in [-0.1, -0.05) is 0 Å².